The Morgan fingerprint density at radius 2 is 1.70 bits per heavy atom. The number of rotatable bonds is 4. The Kier molecular flexibility index (Phi) is 4.83. The number of nitrogens with zero attached hydrogens (tertiary/aromatic N) is 3. The summed E-state index contributed by atoms with van der Waals surface area (Å²) >= 11 is 0. The number of ether oxygens (including phenoxy) is 1. The SMILES string of the molecule is COc1ccc(CN2C(=O)[C@@H]3C[C@@H](O)CN3C3(CN(C4Cc5ccccc5C4)C3)C2=O)cc1. The topological polar surface area (TPSA) is 73.3 Å². The molecule has 2 amide bonds. The van der Waals surface area contributed by atoms with Crippen molar-refractivity contribution in [3.05, 3.63) is 65.2 Å². The summed E-state index contributed by atoms with van der Waals surface area (Å²) in [5.41, 5.74) is 2.95. The number of hydrogen-bond acceptors (Lipinski definition) is 6. The first kappa shape index (κ1) is 20.8. The van der Waals surface area contributed by atoms with E-state index in [1.54, 1.807) is 7.11 Å². The molecule has 1 aliphatic carbocycles. The van der Waals surface area contributed by atoms with Gasteiger partial charge < -0.3 is 9.84 Å². The van der Waals surface area contributed by atoms with Gasteiger partial charge in [-0.25, -0.2) is 0 Å². The van der Waals surface area contributed by atoms with Crippen LogP contribution in [-0.4, -0.2) is 82.1 Å². The van der Waals surface area contributed by atoms with E-state index in [-0.39, 0.29) is 18.4 Å². The standard InChI is InChI=1S/C26H29N3O4/c1-33-22-8-6-17(7-9-22)13-28-24(31)23-12-21(30)14-29(23)26(25(28)32)15-27(16-26)20-10-18-4-2-3-5-19(18)11-20/h2-9,20-21,23,30H,10-16H2,1H3/t21-,23+/m1/s1. The lowest BCUT2D eigenvalue weighted by atomic mass is 9.81. The van der Waals surface area contributed by atoms with Gasteiger partial charge in [0, 0.05) is 25.7 Å². The molecule has 33 heavy (non-hydrogen) atoms. The van der Waals surface area contributed by atoms with E-state index in [0.717, 1.165) is 24.2 Å². The highest BCUT2D eigenvalue weighted by molar-refractivity contribution is 6.06. The Balaban J connectivity index is 1.24. The number of carbonyl (C=O) groups excluding carboxylic acids is 2. The second kappa shape index (κ2) is 7.65. The molecule has 1 spiro atoms. The van der Waals surface area contributed by atoms with E-state index in [1.165, 1.54) is 16.0 Å². The van der Waals surface area contributed by atoms with Crippen molar-refractivity contribution >= 4 is 11.8 Å². The Bertz CT molecular complexity index is 1070. The minimum absolute atomic E-state index is 0.125. The van der Waals surface area contributed by atoms with Crippen molar-refractivity contribution in [2.24, 2.45) is 0 Å². The number of aliphatic hydroxyl groups excluding tert-OH is 1. The lowest BCUT2D eigenvalue weighted by molar-refractivity contribution is -0.183. The molecule has 4 aliphatic rings. The van der Waals surface area contributed by atoms with Crippen LogP contribution >= 0.6 is 0 Å². The number of amides is 2. The van der Waals surface area contributed by atoms with Crippen LogP contribution < -0.4 is 4.74 Å². The van der Waals surface area contributed by atoms with Crippen LogP contribution in [0.15, 0.2) is 48.5 Å². The van der Waals surface area contributed by atoms with Crippen LogP contribution in [0.5, 0.6) is 5.75 Å². The first-order valence-electron chi connectivity index (χ1n) is 11.7. The third kappa shape index (κ3) is 3.21. The van der Waals surface area contributed by atoms with E-state index >= 15 is 0 Å². The molecule has 0 radical (unpaired) electrons. The Morgan fingerprint density at radius 3 is 2.33 bits per heavy atom. The molecule has 0 bridgehead atoms. The maximum atomic E-state index is 13.8. The molecule has 2 aromatic carbocycles. The first-order chi connectivity index (χ1) is 16.0. The number of hydrogen-bond donors (Lipinski definition) is 1. The molecule has 3 saturated heterocycles. The van der Waals surface area contributed by atoms with Gasteiger partial charge in [-0.05, 0) is 48.1 Å². The number of likely N-dealkylation sites (tertiary alicyclic amines) is 1. The first-order valence-corrected chi connectivity index (χ1v) is 11.7. The minimum atomic E-state index is -0.725. The third-order valence-electron chi connectivity index (χ3n) is 8.00. The molecule has 2 aromatic rings. The summed E-state index contributed by atoms with van der Waals surface area (Å²) in [5.74, 6) is 0.425. The maximum absolute atomic E-state index is 13.8. The number of piperazine rings is 1. The second-order valence-electron chi connectivity index (χ2n) is 9.90. The number of imide groups is 1. The van der Waals surface area contributed by atoms with E-state index in [0.29, 0.717) is 32.1 Å². The normalized spacial score (nSPS) is 27.0. The number of aliphatic hydroxyl groups is 1. The van der Waals surface area contributed by atoms with Crippen LogP contribution in [0.4, 0.5) is 0 Å². The minimum Gasteiger partial charge on any atom is -0.497 e. The van der Waals surface area contributed by atoms with Crippen LogP contribution in [0.1, 0.15) is 23.1 Å². The van der Waals surface area contributed by atoms with Gasteiger partial charge in [0.05, 0.1) is 25.8 Å². The van der Waals surface area contributed by atoms with Crippen molar-refractivity contribution in [1.82, 2.24) is 14.7 Å². The predicted molar refractivity (Wildman–Crippen MR) is 122 cm³/mol. The molecule has 3 fully saturated rings. The highest BCUT2D eigenvalue weighted by Gasteiger charge is 2.65. The Morgan fingerprint density at radius 1 is 1.03 bits per heavy atom. The monoisotopic (exact) mass is 447 g/mol. The molecule has 3 heterocycles. The second-order valence-corrected chi connectivity index (χ2v) is 9.90. The molecule has 2 atom stereocenters. The van der Waals surface area contributed by atoms with Gasteiger partial charge in [0.1, 0.15) is 11.3 Å². The van der Waals surface area contributed by atoms with Gasteiger partial charge in [-0.1, -0.05) is 36.4 Å². The van der Waals surface area contributed by atoms with Crippen molar-refractivity contribution in [2.75, 3.05) is 26.7 Å². The smallest absolute Gasteiger partial charge is 0.252 e. The van der Waals surface area contributed by atoms with Gasteiger partial charge in [0.15, 0.2) is 0 Å². The summed E-state index contributed by atoms with van der Waals surface area (Å²) in [5, 5.41) is 10.4. The molecular formula is C26H29N3O4. The highest BCUT2D eigenvalue weighted by Crippen LogP contribution is 2.43. The predicted octanol–water partition coefficient (Wildman–Crippen LogP) is 1.22. The molecule has 0 saturated carbocycles. The molecule has 0 unspecified atom stereocenters. The van der Waals surface area contributed by atoms with Crippen molar-refractivity contribution in [1.29, 1.82) is 0 Å². The molecule has 0 aromatic heterocycles. The van der Waals surface area contributed by atoms with E-state index in [1.807, 2.05) is 29.2 Å². The number of β-amino-alcohol motifs (C(OH)–C–C–N with tert-alkyl or cyclic N) is 1. The van der Waals surface area contributed by atoms with E-state index < -0.39 is 17.7 Å². The van der Waals surface area contributed by atoms with Gasteiger partial charge in [0.2, 0.25) is 5.91 Å². The number of methoxy groups -OCH3 is 1. The van der Waals surface area contributed by atoms with Gasteiger partial charge in [-0.3, -0.25) is 24.3 Å². The summed E-state index contributed by atoms with van der Waals surface area (Å²) in [4.78, 5) is 33.0. The average molecular weight is 448 g/mol. The zero-order chi connectivity index (χ0) is 22.7. The number of benzene rings is 2. The number of carbonyl (C=O) groups is 2. The van der Waals surface area contributed by atoms with Crippen LogP contribution in [0, 0.1) is 0 Å². The van der Waals surface area contributed by atoms with Crippen molar-refractivity contribution in [2.45, 2.75) is 49.5 Å². The molecule has 6 rings (SSSR count). The fourth-order valence-corrected chi connectivity index (χ4v) is 6.23. The fourth-order valence-electron chi connectivity index (χ4n) is 6.23. The molecule has 1 N–H and O–H groups in total. The number of fused-ring (bicyclic) bond motifs is 3. The summed E-state index contributed by atoms with van der Waals surface area (Å²) in [6.45, 7) is 1.86. The van der Waals surface area contributed by atoms with Crippen molar-refractivity contribution in [3.8, 4) is 5.75 Å². The molecule has 3 aliphatic heterocycles. The highest BCUT2D eigenvalue weighted by atomic mass is 16.5. The van der Waals surface area contributed by atoms with E-state index in [4.69, 9.17) is 4.74 Å². The van der Waals surface area contributed by atoms with Crippen LogP contribution in [0.2, 0.25) is 0 Å². The Labute approximate surface area is 193 Å². The summed E-state index contributed by atoms with van der Waals surface area (Å²) in [7, 11) is 1.61. The van der Waals surface area contributed by atoms with Crippen molar-refractivity contribution < 1.29 is 19.4 Å². The summed E-state index contributed by atoms with van der Waals surface area (Å²) in [6, 6.07) is 16.0. The third-order valence-corrected chi connectivity index (χ3v) is 8.00. The largest absolute Gasteiger partial charge is 0.497 e. The summed E-state index contributed by atoms with van der Waals surface area (Å²) in [6.07, 6.45) is 1.82. The van der Waals surface area contributed by atoms with Crippen LogP contribution in [-0.2, 0) is 29.0 Å². The maximum Gasteiger partial charge on any atom is 0.252 e. The van der Waals surface area contributed by atoms with E-state index in [2.05, 4.69) is 29.2 Å². The lowest BCUT2D eigenvalue weighted by Gasteiger charge is -2.60. The lowest BCUT2D eigenvalue weighted by Crippen LogP contribution is -2.82. The molecule has 7 nitrogen and oxygen atoms in total. The Hall–Kier alpha value is -2.74. The van der Waals surface area contributed by atoms with Crippen molar-refractivity contribution in [3.63, 3.8) is 0 Å². The zero-order valence-electron chi connectivity index (χ0n) is 18.8. The van der Waals surface area contributed by atoms with Gasteiger partial charge >= 0.3 is 0 Å². The fraction of sp³-hybridized carbons (Fsp3) is 0.462. The van der Waals surface area contributed by atoms with Crippen LogP contribution in [0.25, 0.3) is 0 Å². The molecule has 7 heteroatoms. The zero-order valence-corrected chi connectivity index (χ0v) is 18.8. The summed E-state index contributed by atoms with van der Waals surface area (Å²) < 4.78 is 5.23. The van der Waals surface area contributed by atoms with Gasteiger partial charge in [-0.15, -0.1) is 0 Å². The average Bonchev–Trinajstić information content (AvgIpc) is 3.40. The van der Waals surface area contributed by atoms with Gasteiger partial charge in [-0.2, -0.15) is 0 Å². The molecular weight excluding hydrogens is 418 g/mol. The van der Waals surface area contributed by atoms with E-state index in [9.17, 15) is 14.7 Å². The van der Waals surface area contributed by atoms with Gasteiger partial charge in [0.25, 0.3) is 5.91 Å². The quantitative estimate of drug-likeness (QED) is 0.711. The van der Waals surface area contributed by atoms with Crippen LogP contribution in [0.3, 0.4) is 0 Å². The molecule has 172 valence electrons.